The molecule has 2 aromatic rings. The topological polar surface area (TPSA) is 57.5 Å². The molecular formula is C17H23N3O3. The zero-order valence-electron chi connectivity index (χ0n) is 13.5. The number of ether oxygens (including phenoxy) is 3. The summed E-state index contributed by atoms with van der Waals surface area (Å²) < 4.78 is 18.6. The number of rotatable bonds is 5. The molecule has 2 aliphatic heterocycles. The van der Waals surface area contributed by atoms with Crippen LogP contribution in [0.5, 0.6) is 11.5 Å². The summed E-state index contributed by atoms with van der Waals surface area (Å²) in [5.41, 5.74) is 2.04. The van der Waals surface area contributed by atoms with Crippen molar-refractivity contribution < 1.29 is 14.2 Å². The number of fused-ring (bicyclic) bond motifs is 2. The zero-order chi connectivity index (χ0) is 15.6. The molecule has 23 heavy (non-hydrogen) atoms. The molecule has 1 fully saturated rings. The standard InChI is InChI=1S/C17H23N3O3/c1-21-10-17-19-13-8-15-16(23-11-22-15)9-14(13)20(17)7-5-12-4-2-3-6-18-12/h8-9,12,18H,2-7,10-11H2,1H3. The Kier molecular flexibility index (Phi) is 4.10. The van der Waals surface area contributed by atoms with Gasteiger partial charge >= 0.3 is 0 Å². The van der Waals surface area contributed by atoms with Crippen LogP contribution in [0.3, 0.4) is 0 Å². The molecular weight excluding hydrogens is 294 g/mol. The molecule has 0 spiro atoms. The molecule has 1 atom stereocenters. The van der Waals surface area contributed by atoms with E-state index in [0.29, 0.717) is 19.4 Å². The van der Waals surface area contributed by atoms with E-state index in [1.807, 2.05) is 12.1 Å². The first-order chi connectivity index (χ1) is 11.3. The molecule has 124 valence electrons. The van der Waals surface area contributed by atoms with Crippen LogP contribution in [0.1, 0.15) is 31.5 Å². The fourth-order valence-corrected chi connectivity index (χ4v) is 3.51. The van der Waals surface area contributed by atoms with Crippen molar-refractivity contribution in [2.45, 2.75) is 44.9 Å². The number of aromatic nitrogens is 2. The van der Waals surface area contributed by atoms with Gasteiger partial charge in [0.1, 0.15) is 12.4 Å². The van der Waals surface area contributed by atoms with Crippen LogP contribution in [-0.2, 0) is 17.9 Å². The number of imidazole rings is 1. The van der Waals surface area contributed by atoms with E-state index in [0.717, 1.165) is 47.9 Å². The van der Waals surface area contributed by atoms with Crippen molar-refractivity contribution in [2.75, 3.05) is 20.4 Å². The van der Waals surface area contributed by atoms with Gasteiger partial charge in [0.2, 0.25) is 6.79 Å². The molecule has 0 aliphatic carbocycles. The van der Waals surface area contributed by atoms with Crippen LogP contribution in [0, 0.1) is 0 Å². The highest BCUT2D eigenvalue weighted by atomic mass is 16.7. The minimum Gasteiger partial charge on any atom is -0.454 e. The maximum absolute atomic E-state index is 5.52. The minimum absolute atomic E-state index is 0.291. The maximum Gasteiger partial charge on any atom is 0.231 e. The molecule has 1 aromatic heterocycles. The molecule has 3 heterocycles. The number of piperidine rings is 1. The Balaban J connectivity index is 1.63. The van der Waals surface area contributed by atoms with Gasteiger partial charge in [0, 0.05) is 31.8 Å². The Hall–Kier alpha value is -1.79. The Morgan fingerprint density at radius 2 is 2.17 bits per heavy atom. The van der Waals surface area contributed by atoms with Gasteiger partial charge in [-0.25, -0.2) is 4.98 Å². The SMILES string of the molecule is COCc1nc2cc3c(cc2n1CCC1CCCCN1)OCO3. The lowest BCUT2D eigenvalue weighted by molar-refractivity contribution is 0.173. The molecule has 6 heteroatoms. The van der Waals surface area contributed by atoms with Crippen molar-refractivity contribution >= 4 is 11.0 Å². The van der Waals surface area contributed by atoms with Gasteiger partial charge in [0.05, 0.1) is 11.0 Å². The third-order valence-electron chi connectivity index (χ3n) is 4.71. The number of benzene rings is 1. The van der Waals surface area contributed by atoms with E-state index in [9.17, 15) is 0 Å². The largest absolute Gasteiger partial charge is 0.454 e. The Bertz CT molecular complexity index is 692. The normalized spacial score (nSPS) is 20.3. The predicted octanol–water partition coefficient (Wildman–Crippen LogP) is 2.44. The second-order valence-corrected chi connectivity index (χ2v) is 6.24. The molecule has 0 radical (unpaired) electrons. The van der Waals surface area contributed by atoms with Gasteiger partial charge < -0.3 is 24.1 Å². The van der Waals surface area contributed by atoms with Gasteiger partial charge in [-0.15, -0.1) is 0 Å². The van der Waals surface area contributed by atoms with E-state index >= 15 is 0 Å². The van der Waals surface area contributed by atoms with E-state index < -0.39 is 0 Å². The second kappa shape index (κ2) is 6.37. The van der Waals surface area contributed by atoms with Gasteiger partial charge in [-0.1, -0.05) is 6.42 Å². The molecule has 1 aromatic carbocycles. The summed E-state index contributed by atoms with van der Waals surface area (Å²) >= 11 is 0. The zero-order valence-corrected chi connectivity index (χ0v) is 13.5. The van der Waals surface area contributed by atoms with Crippen LogP contribution in [0.15, 0.2) is 12.1 Å². The van der Waals surface area contributed by atoms with Gasteiger partial charge in [-0.2, -0.15) is 0 Å². The summed E-state index contributed by atoms with van der Waals surface area (Å²) in [6.07, 6.45) is 4.99. The summed E-state index contributed by atoms with van der Waals surface area (Å²) in [5, 5.41) is 3.61. The first-order valence-corrected chi connectivity index (χ1v) is 8.36. The third-order valence-corrected chi connectivity index (χ3v) is 4.71. The number of hydrogen-bond acceptors (Lipinski definition) is 5. The molecule has 1 N–H and O–H groups in total. The van der Waals surface area contributed by atoms with Gasteiger partial charge in [-0.3, -0.25) is 0 Å². The van der Waals surface area contributed by atoms with Crippen molar-refractivity contribution in [1.29, 1.82) is 0 Å². The first-order valence-electron chi connectivity index (χ1n) is 8.36. The first kappa shape index (κ1) is 14.8. The van der Waals surface area contributed by atoms with Gasteiger partial charge in [-0.05, 0) is 25.8 Å². The van der Waals surface area contributed by atoms with E-state index in [2.05, 4.69) is 9.88 Å². The number of methoxy groups -OCH3 is 1. The Morgan fingerprint density at radius 1 is 1.30 bits per heavy atom. The molecule has 1 saturated heterocycles. The lowest BCUT2D eigenvalue weighted by Crippen LogP contribution is -2.34. The summed E-state index contributed by atoms with van der Waals surface area (Å²) in [5.74, 6) is 2.54. The van der Waals surface area contributed by atoms with Crippen molar-refractivity contribution in [3.63, 3.8) is 0 Å². The lowest BCUT2D eigenvalue weighted by atomic mass is 10.0. The quantitative estimate of drug-likeness (QED) is 0.918. The monoisotopic (exact) mass is 317 g/mol. The van der Waals surface area contributed by atoms with Gasteiger partial charge in [0.25, 0.3) is 0 Å². The molecule has 0 amide bonds. The summed E-state index contributed by atoms with van der Waals surface area (Å²) in [4.78, 5) is 4.73. The van der Waals surface area contributed by atoms with E-state index in [1.54, 1.807) is 7.11 Å². The van der Waals surface area contributed by atoms with Crippen LogP contribution in [0.2, 0.25) is 0 Å². The molecule has 0 saturated carbocycles. The molecule has 2 aliphatic rings. The van der Waals surface area contributed by atoms with E-state index in [-0.39, 0.29) is 0 Å². The highest BCUT2D eigenvalue weighted by molar-refractivity contribution is 5.81. The fraction of sp³-hybridized carbons (Fsp3) is 0.588. The average molecular weight is 317 g/mol. The number of nitrogens with zero attached hydrogens (tertiary/aromatic N) is 2. The number of aryl methyl sites for hydroxylation is 1. The molecule has 4 rings (SSSR count). The predicted molar refractivity (Wildman–Crippen MR) is 86.8 cm³/mol. The van der Waals surface area contributed by atoms with Crippen molar-refractivity contribution in [2.24, 2.45) is 0 Å². The van der Waals surface area contributed by atoms with Crippen molar-refractivity contribution in [1.82, 2.24) is 14.9 Å². The van der Waals surface area contributed by atoms with Gasteiger partial charge in [0.15, 0.2) is 11.5 Å². The summed E-state index contributed by atoms with van der Waals surface area (Å²) in [7, 11) is 1.71. The Morgan fingerprint density at radius 3 is 2.96 bits per heavy atom. The van der Waals surface area contributed by atoms with Crippen LogP contribution in [-0.4, -0.2) is 36.0 Å². The Labute approximate surface area is 135 Å². The number of nitrogens with one attached hydrogen (secondary N) is 1. The van der Waals surface area contributed by atoms with E-state index in [4.69, 9.17) is 19.2 Å². The second-order valence-electron chi connectivity index (χ2n) is 6.24. The van der Waals surface area contributed by atoms with Crippen LogP contribution < -0.4 is 14.8 Å². The van der Waals surface area contributed by atoms with Crippen molar-refractivity contribution in [3.8, 4) is 11.5 Å². The average Bonchev–Trinajstić information content (AvgIpc) is 3.15. The maximum atomic E-state index is 5.52. The highest BCUT2D eigenvalue weighted by Gasteiger charge is 2.20. The summed E-state index contributed by atoms with van der Waals surface area (Å²) in [6, 6.07) is 4.61. The van der Waals surface area contributed by atoms with Crippen LogP contribution >= 0.6 is 0 Å². The molecule has 6 nitrogen and oxygen atoms in total. The fourth-order valence-electron chi connectivity index (χ4n) is 3.51. The smallest absolute Gasteiger partial charge is 0.231 e. The third kappa shape index (κ3) is 2.88. The highest BCUT2D eigenvalue weighted by Crippen LogP contribution is 2.36. The van der Waals surface area contributed by atoms with E-state index in [1.165, 1.54) is 19.3 Å². The van der Waals surface area contributed by atoms with Crippen LogP contribution in [0.25, 0.3) is 11.0 Å². The van der Waals surface area contributed by atoms with Crippen molar-refractivity contribution in [3.05, 3.63) is 18.0 Å². The molecule has 0 bridgehead atoms. The molecule has 1 unspecified atom stereocenters. The van der Waals surface area contributed by atoms with Crippen LogP contribution in [0.4, 0.5) is 0 Å². The lowest BCUT2D eigenvalue weighted by Gasteiger charge is -2.24. The minimum atomic E-state index is 0.291. The summed E-state index contributed by atoms with van der Waals surface area (Å²) in [6.45, 7) is 2.88. The number of hydrogen-bond donors (Lipinski definition) is 1.